The molecule has 0 aromatic heterocycles. The molecule has 7 nitrogen and oxygen atoms in total. The van der Waals surface area contributed by atoms with Crippen molar-refractivity contribution in [3.05, 3.63) is 53.6 Å². The van der Waals surface area contributed by atoms with Gasteiger partial charge < -0.3 is 20.1 Å². The van der Waals surface area contributed by atoms with Crippen LogP contribution in [0.1, 0.15) is 45.2 Å². The molecule has 0 saturated carbocycles. The summed E-state index contributed by atoms with van der Waals surface area (Å²) in [6.45, 7) is 10.2. The van der Waals surface area contributed by atoms with Gasteiger partial charge in [0.1, 0.15) is 11.3 Å². The Bertz CT molecular complexity index is 1000. The lowest BCUT2D eigenvalue weighted by molar-refractivity contribution is -0.128. The zero-order chi connectivity index (χ0) is 24.9. The molecule has 0 bridgehead atoms. The van der Waals surface area contributed by atoms with E-state index in [-0.39, 0.29) is 18.4 Å². The third kappa shape index (κ3) is 5.29. The van der Waals surface area contributed by atoms with Gasteiger partial charge in [0.05, 0.1) is 7.11 Å². The van der Waals surface area contributed by atoms with Gasteiger partial charge in [-0.25, -0.2) is 4.79 Å². The number of carbonyl (C=O) groups excluding carboxylic acids is 1. The predicted octanol–water partition coefficient (Wildman–Crippen LogP) is 5.04. The number of methoxy groups -OCH3 is 1. The van der Waals surface area contributed by atoms with E-state index >= 15 is 0 Å². The number of ether oxygens (including phenoxy) is 1. The van der Waals surface area contributed by atoms with Crippen LogP contribution in [-0.4, -0.2) is 54.3 Å². The van der Waals surface area contributed by atoms with Crippen LogP contribution in [0.5, 0.6) is 5.75 Å². The molecule has 2 aromatic carbocycles. The minimum absolute atomic E-state index is 0.0893. The van der Waals surface area contributed by atoms with Gasteiger partial charge in [0.2, 0.25) is 0 Å². The predicted molar refractivity (Wildman–Crippen MR) is 136 cm³/mol. The maximum atomic E-state index is 13.8. The second kappa shape index (κ2) is 10.8. The van der Waals surface area contributed by atoms with Gasteiger partial charge in [-0.05, 0) is 80.1 Å². The molecule has 0 heterocycles. The van der Waals surface area contributed by atoms with Crippen LogP contribution in [0.15, 0.2) is 42.5 Å². The highest BCUT2D eigenvalue weighted by Crippen LogP contribution is 2.37. The van der Waals surface area contributed by atoms with Crippen molar-refractivity contribution >= 4 is 23.4 Å². The highest BCUT2D eigenvalue weighted by Gasteiger charge is 2.48. The molecule has 0 saturated heterocycles. The van der Waals surface area contributed by atoms with Crippen LogP contribution in [0.4, 0.5) is 16.2 Å². The molecule has 0 spiro atoms. The van der Waals surface area contributed by atoms with Crippen molar-refractivity contribution in [2.45, 2.75) is 52.5 Å². The highest BCUT2D eigenvalue weighted by molar-refractivity contribution is 6.00. The minimum atomic E-state index is -1.19. The average molecular weight is 468 g/mol. The number of amides is 2. The summed E-state index contributed by atoms with van der Waals surface area (Å²) in [5.41, 5.74) is 2.64. The molecular weight excluding hydrogens is 430 g/mol. The Kier molecular flexibility index (Phi) is 8.07. The summed E-state index contributed by atoms with van der Waals surface area (Å²) >= 11 is 0. The molecule has 2 N–H and O–H groups in total. The molecule has 1 atom stereocenters. The van der Waals surface area contributed by atoms with Crippen LogP contribution in [0.2, 0.25) is 0 Å². The van der Waals surface area contributed by atoms with E-state index in [1.807, 2.05) is 56.3 Å². The first-order valence-corrected chi connectivity index (χ1v) is 12.1. The number of nitrogens with zero attached hydrogens (tertiary/aromatic N) is 2. The largest absolute Gasteiger partial charge is 0.497 e. The van der Waals surface area contributed by atoms with Crippen molar-refractivity contribution in [1.82, 2.24) is 4.90 Å². The van der Waals surface area contributed by atoms with E-state index in [0.717, 1.165) is 35.7 Å². The highest BCUT2D eigenvalue weighted by atomic mass is 16.5. The lowest BCUT2D eigenvalue weighted by atomic mass is 9.75. The summed E-state index contributed by atoms with van der Waals surface area (Å²) in [5.74, 6) is 0.570. The van der Waals surface area contributed by atoms with Crippen LogP contribution < -0.4 is 15.0 Å². The first kappa shape index (κ1) is 25.4. The molecule has 0 fully saturated rings. The van der Waals surface area contributed by atoms with E-state index in [1.54, 1.807) is 7.11 Å². The summed E-state index contributed by atoms with van der Waals surface area (Å²) in [6.07, 6.45) is 0.269. The van der Waals surface area contributed by atoms with Crippen LogP contribution in [-0.2, 0) is 17.6 Å². The Morgan fingerprint density at radius 2 is 1.76 bits per heavy atom. The van der Waals surface area contributed by atoms with Gasteiger partial charge >= 0.3 is 6.09 Å². The second-order valence-corrected chi connectivity index (χ2v) is 9.30. The van der Waals surface area contributed by atoms with E-state index < -0.39 is 11.6 Å². The first-order valence-electron chi connectivity index (χ1n) is 12.1. The maximum absolute atomic E-state index is 13.8. The molecule has 0 aliphatic heterocycles. The van der Waals surface area contributed by atoms with Gasteiger partial charge in [-0.2, -0.15) is 0 Å². The van der Waals surface area contributed by atoms with Gasteiger partial charge in [-0.3, -0.25) is 9.69 Å². The summed E-state index contributed by atoms with van der Waals surface area (Å²) in [4.78, 5) is 29.8. The van der Waals surface area contributed by atoms with Gasteiger partial charge in [-0.1, -0.05) is 19.9 Å². The molecule has 1 aliphatic rings. The molecule has 2 amide bonds. The van der Waals surface area contributed by atoms with E-state index in [9.17, 15) is 14.7 Å². The Morgan fingerprint density at radius 3 is 2.32 bits per heavy atom. The first-order chi connectivity index (χ1) is 16.2. The summed E-state index contributed by atoms with van der Waals surface area (Å²) in [6, 6.07) is 13.5. The third-order valence-electron chi connectivity index (χ3n) is 6.68. The number of hydrogen-bond donors (Lipinski definition) is 2. The lowest BCUT2D eigenvalue weighted by Crippen LogP contribution is -2.62. The number of hydrogen-bond acceptors (Lipinski definition) is 4. The number of benzene rings is 2. The number of aryl methyl sites for hydroxylation is 1. The molecule has 3 rings (SSSR count). The summed E-state index contributed by atoms with van der Waals surface area (Å²) < 4.78 is 5.35. The number of carbonyl (C=O) groups is 2. The normalized spacial score (nSPS) is 17.1. The number of nitrogens with one attached hydrogen (secondary N) is 1. The monoisotopic (exact) mass is 467 g/mol. The molecular formula is C27H37N3O4. The van der Waals surface area contributed by atoms with E-state index in [0.29, 0.717) is 24.9 Å². The molecule has 1 unspecified atom stereocenters. The minimum Gasteiger partial charge on any atom is -0.497 e. The zero-order valence-electron chi connectivity index (χ0n) is 20.9. The van der Waals surface area contributed by atoms with Gasteiger partial charge in [-0.15, -0.1) is 0 Å². The summed E-state index contributed by atoms with van der Waals surface area (Å²) in [5, 5.41) is 13.2. The fraction of sp³-hybridized carbons (Fsp3) is 0.481. The second-order valence-electron chi connectivity index (χ2n) is 9.30. The Balaban J connectivity index is 1.95. The van der Waals surface area contributed by atoms with E-state index in [2.05, 4.69) is 24.1 Å². The standard InChI is InChI=1S/C27H37N3O4/c1-6-29(7-2)23-11-9-22(10-12-23)28-25(31)27(30(26(32)33)18-19(3)4)15-14-20-16-24(34-5)13-8-21(20)17-27/h8-13,16,19H,6-7,14-15,17-18H2,1-5H3,(H,28,31)(H,32,33). The molecule has 7 heteroatoms. The van der Waals surface area contributed by atoms with Crippen molar-refractivity contribution in [1.29, 1.82) is 0 Å². The number of rotatable bonds is 9. The number of fused-ring (bicyclic) bond motifs is 1. The van der Waals surface area contributed by atoms with Gasteiger partial charge in [0.25, 0.3) is 5.91 Å². The Hall–Kier alpha value is -3.22. The van der Waals surface area contributed by atoms with Crippen molar-refractivity contribution < 1.29 is 19.4 Å². The fourth-order valence-corrected chi connectivity index (χ4v) is 4.82. The quantitative estimate of drug-likeness (QED) is 0.540. The summed E-state index contributed by atoms with van der Waals surface area (Å²) in [7, 11) is 1.63. The van der Waals surface area contributed by atoms with E-state index in [4.69, 9.17) is 4.74 Å². The van der Waals surface area contributed by atoms with Gasteiger partial charge in [0, 0.05) is 37.4 Å². The molecule has 0 radical (unpaired) electrons. The van der Waals surface area contributed by atoms with E-state index in [1.165, 1.54) is 4.90 Å². The lowest BCUT2D eigenvalue weighted by Gasteiger charge is -2.44. The number of carboxylic acid groups (broad SMARTS) is 1. The van der Waals surface area contributed by atoms with Crippen molar-refractivity contribution in [3.8, 4) is 5.75 Å². The Labute approximate surface area is 202 Å². The van der Waals surface area contributed by atoms with Crippen LogP contribution in [0.25, 0.3) is 0 Å². The van der Waals surface area contributed by atoms with Crippen LogP contribution in [0.3, 0.4) is 0 Å². The third-order valence-corrected chi connectivity index (χ3v) is 6.68. The van der Waals surface area contributed by atoms with Crippen molar-refractivity contribution in [2.75, 3.05) is 37.0 Å². The van der Waals surface area contributed by atoms with Gasteiger partial charge in [0.15, 0.2) is 0 Å². The fourth-order valence-electron chi connectivity index (χ4n) is 4.82. The molecule has 184 valence electrons. The van der Waals surface area contributed by atoms with Crippen LogP contribution >= 0.6 is 0 Å². The Morgan fingerprint density at radius 1 is 1.09 bits per heavy atom. The smallest absolute Gasteiger partial charge is 0.408 e. The molecule has 2 aromatic rings. The number of anilines is 2. The molecule has 34 heavy (non-hydrogen) atoms. The SMILES string of the molecule is CCN(CC)c1ccc(NC(=O)C2(N(CC(C)C)C(=O)O)CCc3cc(OC)ccc3C2)cc1. The zero-order valence-corrected chi connectivity index (χ0v) is 20.9. The average Bonchev–Trinajstić information content (AvgIpc) is 2.83. The maximum Gasteiger partial charge on any atom is 0.408 e. The van der Waals surface area contributed by atoms with Crippen LogP contribution in [0, 0.1) is 5.92 Å². The topological polar surface area (TPSA) is 82.1 Å². The van der Waals surface area contributed by atoms with Crippen molar-refractivity contribution in [3.63, 3.8) is 0 Å². The molecule has 1 aliphatic carbocycles. The van der Waals surface area contributed by atoms with Crippen molar-refractivity contribution in [2.24, 2.45) is 5.92 Å².